The minimum Gasteiger partial charge on any atom is -0.493 e. The molecule has 1 aromatic carbocycles. The number of hydrogen-bond acceptors (Lipinski definition) is 3. The Labute approximate surface area is 110 Å². The molecule has 0 heterocycles. The predicted molar refractivity (Wildman–Crippen MR) is 75.3 cm³/mol. The van der Waals surface area contributed by atoms with E-state index in [-0.39, 0.29) is 0 Å². The minimum atomic E-state index is 0.779. The Hall–Kier alpha value is -1.48. The van der Waals surface area contributed by atoms with Crippen molar-refractivity contribution in [2.24, 2.45) is 0 Å². The molecule has 3 nitrogen and oxygen atoms in total. The van der Waals surface area contributed by atoms with Crippen molar-refractivity contribution in [2.45, 2.75) is 20.4 Å². The Bertz CT molecular complexity index is 401. The highest BCUT2D eigenvalue weighted by Gasteiger charge is 2.12. The number of likely N-dealkylation sites (N-methyl/N-ethyl adjacent to an activating group) is 1. The van der Waals surface area contributed by atoms with Crippen molar-refractivity contribution in [2.75, 3.05) is 27.3 Å². The van der Waals surface area contributed by atoms with E-state index in [4.69, 9.17) is 9.47 Å². The Morgan fingerprint density at radius 2 is 2.00 bits per heavy atom. The number of methoxy groups -OCH3 is 2. The SMILES string of the molecule is C=C(C)CN(CC)Cc1cccc(OC)c1OC. The van der Waals surface area contributed by atoms with Gasteiger partial charge in [0.2, 0.25) is 0 Å². The summed E-state index contributed by atoms with van der Waals surface area (Å²) in [4.78, 5) is 2.32. The molecule has 0 N–H and O–H groups in total. The third-order valence-corrected chi connectivity index (χ3v) is 2.82. The molecule has 0 radical (unpaired) electrons. The fourth-order valence-electron chi connectivity index (χ4n) is 1.98. The van der Waals surface area contributed by atoms with Gasteiger partial charge < -0.3 is 9.47 Å². The lowest BCUT2D eigenvalue weighted by Gasteiger charge is -2.22. The largest absolute Gasteiger partial charge is 0.493 e. The summed E-state index contributed by atoms with van der Waals surface area (Å²) in [6.45, 7) is 10.9. The highest BCUT2D eigenvalue weighted by molar-refractivity contribution is 5.46. The fraction of sp³-hybridized carbons (Fsp3) is 0.467. The van der Waals surface area contributed by atoms with Crippen LogP contribution in [0.5, 0.6) is 11.5 Å². The second kappa shape index (κ2) is 7.07. The first kappa shape index (κ1) is 14.6. The summed E-state index contributed by atoms with van der Waals surface area (Å²) in [5, 5.41) is 0. The zero-order chi connectivity index (χ0) is 13.5. The van der Waals surface area contributed by atoms with Crippen LogP contribution >= 0.6 is 0 Å². The van der Waals surface area contributed by atoms with E-state index in [1.54, 1.807) is 14.2 Å². The first-order valence-corrected chi connectivity index (χ1v) is 6.19. The van der Waals surface area contributed by atoms with Crippen molar-refractivity contribution in [3.05, 3.63) is 35.9 Å². The lowest BCUT2D eigenvalue weighted by Crippen LogP contribution is -2.24. The molecule has 3 heteroatoms. The molecule has 0 fully saturated rings. The molecule has 0 unspecified atom stereocenters. The van der Waals surface area contributed by atoms with E-state index < -0.39 is 0 Å². The first-order chi connectivity index (χ1) is 8.62. The van der Waals surface area contributed by atoms with Gasteiger partial charge >= 0.3 is 0 Å². The minimum absolute atomic E-state index is 0.779. The van der Waals surface area contributed by atoms with E-state index in [0.29, 0.717) is 0 Å². The van der Waals surface area contributed by atoms with Crippen LogP contribution in [0.2, 0.25) is 0 Å². The zero-order valence-electron chi connectivity index (χ0n) is 11.8. The van der Waals surface area contributed by atoms with Crippen molar-refractivity contribution in [1.29, 1.82) is 0 Å². The molecule has 18 heavy (non-hydrogen) atoms. The van der Waals surface area contributed by atoms with E-state index in [0.717, 1.165) is 36.7 Å². The van der Waals surface area contributed by atoms with Crippen molar-refractivity contribution < 1.29 is 9.47 Å². The number of benzene rings is 1. The van der Waals surface area contributed by atoms with Crippen molar-refractivity contribution in [3.63, 3.8) is 0 Å². The Morgan fingerprint density at radius 1 is 1.28 bits per heavy atom. The summed E-state index contributed by atoms with van der Waals surface area (Å²) < 4.78 is 10.8. The van der Waals surface area contributed by atoms with Gasteiger partial charge in [0.05, 0.1) is 14.2 Å². The van der Waals surface area contributed by atoms with Gasteiger partial charge in [-0.1, -0.05) is 31.2 Å². The third-order valence-electron chi connectivity index (χ3n) is 2.82. The van der Waals surface area contributed by atoms with Crippen LogP contribution in [0, 0.1) is 0 Å². The summed E-state index contributed by atoms with van der Waals surface area (Å²) in [7, 11) is 3.34. The maximum atomic E-state index is 5.44. The summed E-state index contributed by atoms with van der Waals surface area (Å²) in [6.07, 6.45) is 0. The van der Waals surface area contributed by atoms with Gasteiger partial charge in [0.15, 0.2) is 11.5 Å². The van der Waals surface area contributed by atoms with Crippen LogP contribution in [0.3, 0.4) is 0 Å². The van der Waals surface area contributed by atoms with Gasteiger partial charge in [0, 0.05) is 18.7 Å². The van der Waals surface area contributed by atoms with Gasteiger partial charge in [-0.2, -0.15) is 0 Å². The Balaban J connectivity index is 2.91. The summed E-state index contributed by atoms with van der Waals surface area (Å²) in [6, 6.07) is 5.98. The fourth-order valence-corrected chi connectivity index (χ4v) is 1.98. The number of hydrogen-bond donors (Lipinski definition) is 0. The van der Waals surface area contributed by atoms with E-state index >= 15 is 0 Å². The zero-order valence-corrected chi connectivity index (χ0v) is 11.8. The molecule has 0 aliphatic heterocycles. The topological polar surface area (TPSA) is 21.7 Å². The summed E-state index contributed by atoms with van der Waals surface area (Å²) in [5.41, 5.74) is 2.30. The molecule has 0 saturated heterocycles. The smallest absolute Gasteiger partial charge is 0.165 e. The average Bonchev–Trinajstić information content (AvgIpc) is 2.36. The van der Waals surface area contributed by atoms with Gasteiger partial charge in [0.25, 0.3) is 0 Å². The van der Waals surface area contributed by atoms with Crippen LogP contribution in [0.25, 0.3) is 0 Å². The highest BCUT2D eigenvalue weighted by Crippen LogP contribution is 2.31. The molecule has 0 amide bonds. The molecule has 0 bridgehead atoms. The lowest BCUT2D eigenvalue weighted by atomic mass is 10.1. The molecule has 0 spiro atoms. The van der Waals surface area contributed by atoms with Crippen LogP contribution in [0.15, 0.2) is 30.4 Å². The molecular weight excluding hydrogens is 226 g/mol. The predicted octanol–water partition coefficient (Wildman–Crippen LogP) is 3.10. The number of para-hydroxylation sites is 1. The van der Waals surface area contributed by atoms with E-state index in [9.17, 15) is 0 Å². The molecule has 100 valence electrons. The Kier molecular flexibility index (Phi) is 5.72. The van der Waals surface area contributed by atoms with Crippen LogP contribution in [0.4, 0.5) is 0 Å². The van der Waals surface area contributed by atoms with E-state index in [1.165, 1.54) is 5.57 Å². The van der Waals surface area contributed by atoms with Crippen LogP contribution in [-0.4, -0.2) is 32.2 Å². The van der Waals surface area contributed by atoms with Crippen molar-refractivity contribution in [1.82, 2.24) is 4.90 Å². The summed E-state index contributed by atoms with van der Waals surface area (Å²) in [5.74, 6) is 1.60. The maximum Gasteiger partial charge on any atom is 0.165 e. The molecule has 0 aromatic heterocycles. The molecule has 0 aliphatic carbocycles. The van der Waals surface area contributed by atoms with Crippen molar-refractivity contribution >= 4 is 0 Å². The summed E-state index contributed by atoms with van der Waals surface area (Å²) >= 11 is 0. The Morgan fingerprint density at radius 3 is 2.50 bits per heavy atom. The standard InChI is InChI=1S/C15H23NO2/c1-6-16(10-12(2)3)11-13-8-7-9-14(17-4)15(13)18-5/h7-9H,2,6,10-11H2,1,3-5H3. The molecule has 0 saturated carbocycles. The quantitative estimate of drug-likeness (QED) is 0.693. The number of nitrogens with zero attached hydrogens (tertiary/aromatic N) is 1. The van der Waals surface area contributed by atoms with Crippen LogP contribution in [-0.2, 0) is 6.54 Å². The second-order valence-electron chi connectivity index (χ2n) is 4.41. The van der Waals surface area contributed by atoms with Gasteiger partial charge in [-0.3, -0.25) is 4.90 Å². The normalized spacial score (nSPS) is 10.5. The van der Waals surface area contributed by atoms with Gasteiger partial charge in [0.1, 0.15) is 0 Å². The van der Waals surface area contributed by atoms with Gasteiger partial charge in [-0.15, -0.1) is 0 Å². The van der Waals surface area contributed by atoms with Crippen molar-refractivity contribution in [3.8, 4) is 11.5 Å². The molecule has 0 atom stereocenters. The number of ether oxygens (including phenoxy) is 2. The lowest BCUT2D eigenvalue weighted by molar-refractivity contribution is 0.292. The average molecular weight is 249 g/mol. The third kappa shape index (κ3) is 3.77. The molecule has 1 rings (SSSR count). The molecular formula is C15H23NO2. The van der Waals surface area contributed by atoms with Gasteiger partial charge in [-0.25, -0.2) is 0 Å². The number of rotatable bonds is 7. The maximum absolute atomic E-state index is 5.44. The van der Waals surface area contributed by atoms with Crippen LogP contribution in [0.1, 0.15) is 19.4 Å². The van der Waals surface area contributed by atoms with Gasteiger partial charge in [-0.05, 0) is 19.5 Å². The van der Waals surface area contributed by atoms with E-state index in [1.807, 2.05) is 19.1 Å². The first-order valence-electron chi connectivity index (χ1n) is 6.19. The van der Waals surface area contributed by atoms with Crippen LogP contribution < -0.4 is 9.47 Å². The highest BCUT2D eigenvalue weighted by atomic mass is 16.5. The van der Waals surface area contributed by atoms with E-state index in [2.05, 4.69) is 24.5 Å². The molecule has 0 aliphatic rings. The molecule has 1 aromatic rings. The second-order valence-corrected chi connectivity index (χ2v) is 4.41. The monoisotopic (exact) mass is 249 g/mol.